The van der Waals surface area contributed by atoms with Crippen molar-refractivity contribution in [3.05, 3.63) is 59.3 Å². The Labute approximate surface area is 176 Å². The zero-order valence-electron chi connectivity index (χ0n) is 17.4. The number of aryl methyl sites for hydroxylation is 3. The molecule has 0 spiro atoms. The molecule has 1 aromatic heterocycles. The molecule has 30 heavy (non-hydrogen) atoms. The maximum atomic E-state index is 13.6. The van der Waals surface area contributed by atoms with Crippen LogP contribution >= 0.6 is 0 Å². The highest BCUT2D eigenvalue weighted by molar-refractivity contribution is 6.10. The lowest BCUT2D eigenvalue weighted by atomic mass is 9.98. The number of aromatic nitrogens is 2. The first-order chi connectivity index (χ1) is 14.6. The van der Waals surface area contributed by atoms with Crippen molar-refractivity contribution in [1.29, 1.82) is 0 Å². The second-order valence-corrected chi connectivity index (χ2v) is 7.97. The van der Waals surface area contributed by atoms with Crippen LogP contribution in [0.25, 0.3) is 11.3 Å². The highest BCUT2D eigenvalue weighted by Gasteiger charge is 2.28. The number of anilines is 1. The number of fused-ring (bicyclic) bond motifs is 2. The van der Waals surface area contributed by atoms with E-state index in [-0.39, 0.29) is 5.91 Å². The summed E-state index contributed by atoms with van der Waals surface area (Å²) in [4.78, 5) is 15.5. The van der Waals surface area contributed by atoms with Gasteiger partial charge in [0, 0.05) is 37.5 Å². The largest absolute Gasteiger partial charge is 0.490 e. The van der Waals surface area contributed by atoms with Crippen LogP contribution in [-0.4, -0.2) is 35.4 Å². The van der Waals surface area contributed by atoms with E-state index in [2.05, 4.69) is 30.2 Å². The first-order valence-electron chi connectivity index (χ1n) is 10.5. The van der Waals surface area contributed by atoms with Gasteiger partial charge in [-0.1, -0.05) is 17.7 Å². The standard InChI is InChI=1S/C24H25N3O3/c1-16-6-8-20-17(13-16)5-3-10-27(20)24(28)19-15-26(2)25-23(19)18-7-9-21-22(14-18)30-12-4-11-29-21/h6-9,13-15H,3-5,10-12H2,1-2H3. The van der Waals surface area contributed by atoms with Crippen molar-refractivity contribution in [3.8, 4) is 22.8 Å². The molecule has 3 aromatic rings. The molecule has 5 rings (SSSR count). The molecule has 6 heteroatoms. The molecule has 3 heterocycles. The molecule has 0 unspecified atom stereocenters. The number of ether oxygens (including phenoxy) is 2. The van der Waals surface area contributed by atoms with E-state index in [1.54, 1.807) is 4.68 Å². The van der Waals surface area contributed by atoms with Crippen molar-refractivity contribution in [2.24, 2.45) is 7.05 Å². The molecule has 0 atom stereocenters. The molecule has 0 aliphatic carbocycles. The Bertz CT molecular complexity index is 1120. The lowest BCUT2D eigenvalue weighted by Crippen LogP contribution is -2.35. The van der Waals surface area contributed by atoms with Crippen LogP contribution in [-0.2, 0) is 13.5 Å². The Kier molecular flexibility index (Phi) is 4.69. The van der Waals surface area contributed by atoms with E-state index < -0.39 is 0 Å². The van der Waals surface area contributed by atoms with E-state index in [1.165, 1.54) is 11.1 Å². The summed E-state index contributed by atoms with van der Waals surface area (Å²) in [7, 11) is 1.84. The molecule has 6 nitrogen and oxygen atoms in total. The predicted octanol–water partition coefficient (Wildman–Crippen LogP) is 4.15. The molecule has 2 aromatic carbocycles. The first-order valence-corrected chi connectivity index (χ1v) is 10.5. The van der Waals surface area contributed by atoms with Gasteiger partial charge in [0.15, 0.2) is 11.5 Å². The van der Waals surface area contributed by atoms with Crippen molar-refractivity contribution in [2.75, 3.05) is 24.7 Å². The van der Waals surface area contributed by atoms with Gasteiger partial charge < -0.3 is 14.4 Å². The SMILES string of the molecule is Cc1ccc2c(c1)CCCN2C(=O)c1cn(C)nc1-c1ccc2c(c1)OCCCO2. The Morgan fingerprint density at radius 2 is 1.87 bits per heavy atom. The highest BCUT2D eigenvalue weighted by Crippen LogP contribution is 2.36. The number of benzene rings is 2. The Morgan fingerprint density at radius 3 is 2.73 bits per heavy atom. The summed E-state index contributed by atoms with van der Waals surface area (Å²) in [5.41, 5.74) is 5.57. The lowest BCUT2D eigenvalue weighted by Gasteiger charge is -2.29. The average molecular weight is 403 g/mol. The summed E-state index contributed by atoms with van der Waals surface area (Å²) < 4.78 is 13.3. The molecule has 2 aliphatic rings. The third kappa shape index (κ3) is 3.32. The number of carbonyl (C=O) groups is 1. The highest BCUT2D eigenvalue weighted by atomic mass is 16.5. The summed E-state index contributed by atoms with van der Waals surface area (Å²) >= 11 is 0. The molecule has 0 bridgehead atoms. The molecule has 0 saturated carbocycles. The molecule has 0 saturated heterocycles. The topological polar surface area (TPSA) is 56.6 Å². The van der Waals surface area contributed by atoms with Crippen LogP contribution in [0.5, 0.6) is 11.5 Å². The third-order valence-electron chi connectivity index (χ3n) is 5.68. The molecular formula is C24H25N3O3. The van der Waals surface area contributed by atoms with Crippen LogP contribution < -0.4 is 14.4 Å². The second kappa shape index (κ2) is 7.52. The van der Waals surface area contributed by atoms with Crippen LogP contribution in [0.15, 0.2) is 42.6 Å². The molecule has 0 N–H and O–H groups in total. The zero-order chi connectivity index (χ0) is 20.7. The quantitative estimate of drug-likeness (QED) is 0.645. The zero-order valence-corrected chi connectivity index (χ0v) is 17.4. The van der Waals surface area contributed by atoms with Crippen molar-refractivity contribution in [2.45, 2.75) is 26.2 Å². The number of hydrogen-bond acceptors (Lipinski definition) is 4. The fraction of sp³-hybridized carbons (Fsp3) is 0.333. The van der Waals surface area contributed by atoms with Gasteiger partial charge >= 0.3 is 0 Å². The number of amides is 1. The number of carbonyl (C=O) groups excluding carboxylic acids is 1. The van der Waals surface area contributed by atoms with Crippen molar-refractivity contribution in [3.63, 3.8) is 0 Å². The van der Waals surface area contributed by atoms with Crippen LogP contribution in [0.2, 0.25) is 0 Å². The van der Waals surface area contributed by atoms with Crippen molar-refractivity contribution in [1.82, 2.24) is 9.78 Å². The van der Waals surface area contributed by atoms with Gasteiger partial charge in [0.25, 0.3) is 5.91 Å². The van der Waals surface area contributed by atoms with Crippen LogP contribution in [0, 0.1) is 6.92 Å². The molecule has 1 amide bonds. The molecule has 0 radical (unpaired) electrons. The van der Waals surface area contributed by atoms with Gasteiger partial charge in [-0.3, -0.25) is 9.48 Å². The molecule has 154 valence electrons. The molecular weight excluding hydrogens is 378 g/mol. The van der Waals surface area contributed by atoms with E-state index in [0.29, 0.717) is 36.8 Å². The van der Waals surface area contributed by atoms with Gasteiger partial charge in [-0.2, -0.15) is 5.10 Å². The molecule has 0 fully saturated rings. The maximum Gasteiger partial charge on any atom is 0.262 e. The summed E-state index contributed by atoms with van der Waals surface area (Å²) in [6, 6.07) is 12.1. The first kappa shape index (κ1) is 18.7. The summed E-state index contributed by atoms with van der Waals surface area (Å²) in [6.45, 7) is 4.07. The Balaban J connectivity index is 1.54. The van der Waals surface area contributed by atoms with Crippen molar-refractivity contribution < 1.29 is 14.3 Å². The number of nitrogens with zero attached hydrogens (tertiary/aromatic N) is 3. The fourth-order valence-corrected chi connectivity index (χ4v) is 4.25. The van der Waals surface area contributed by atoms with Crippen LogP contribution in [0.3, 0.4) is 0 Å². The second-order valence-electron chi connectivity index (χ2n) is 7.97. The molecule has 2 aliphatic heterocycles. The van der Waals surface area contributed by atoms with Gasteiger partial charge in [0.05, 0.1) is 18.8 Å². The van der Waals surface area contributed by atoms with Gasteiger partial charge in [-0.05, 0) is 49.6 Å². The van der Waals surface area contributed by atoms with Gasteiger partial charge in [-0.15, -0.1) is 0 Å². The minimum atomic E-state index is -0.0185. The van der Waals surface area contributed by atoms with Gasteiger partial charge in [0.1, 0.15) is 5.69 Å². The number of hydrogen-bond donors (Lipinski definition) is 0. The van der Waals surface area contributed by atoms with Crippen LogP contribution in [0.4, 0.5) is 5.69 Å². The summed E-state index contributed by atoms with van der Waals surface area (Å²) in [6.07, 6.45) is 4.62. The Hall–Kier alpha value is -3.28. The maximum absolute atomic E-state index is 13.6. The summed E-state index contributed by atoms with van der Waals surface area (Å²) in [5, 5.41) is 4.61. The van der Waals surface area contributed by atoms with E-state index in [9.17, 15) is 4.79 Å². The van der Waals surface area contributed by atoms with Gasteiger partial charge in [0.2, 0.25) is 0 Å². The third-order valence-corrected chi connectivity index (χ3v) is 5.68. The van der Waals surface area contributed by atoms with E-state index in [4.69, 9.17) is 9.47 Å². The van der Waals surface area contributed by atoms with E-state index in [0.717, 1.165) is 36.3 Å². The van der Waals surface area contributed by atoms with Crippen molar-refractivity contribution >= 4 is 11.6 Å². The number of rotatable bonds is 2. The van der Waals surface area contributed by atoms with E-state index >= 15 is 0 Å². The smallest absolute Gasteiger partial charge is 0.262 e. The minimum absolute atomic E-state index is 0.0185. The lowest BCUT2D eigenvalue weighted by molar-refractivity contribution is 0.0985. The van der Waals surface area contributed by atoms with Crippen LogP contribution in [0.1, 0.15) is 34.3 Å². The summed E-state index contributed by atoms with van der Waals surface area (Å²) in [5.74, 6) is 1.42. The minimum Gasteiger partial charge on any atom is -0.490 e. The van der Waals surface area contributed by atoms with Gasteiger partial charge in [-0.25, -0.2) is 0 Å². The average Bonchev–Trinajstić information content (AvgIpc) is 2.99. The fourth-order valence-electron chi connectivity index (χ4n) is 4.25. The monoisotopic (exact) mass is 403 g/mol. The normalized spacial score (nSPS) is 15.5. The predicted molar refractivity (Wildman–Crippen MR) is 115 cm³/mol. The van der Waals surface area contributed by atoms with E-state index in [1.807, 2.05) is 36.3 Å². The Morgan fingerprint density at radius 1 is 1.03 bits per heavy atom.